The summed E-state index contributed by atoms with van der Waals surface area (Å²) in [7, 11) is 1.37. The molecule has 0 fully saturated rings. The zero-order valence-corrected chi connectivity index (χ0v) is 12.9. The Morgan fingerprint density at radius 1 is 1.13 bits per heavy atom. The number of rotatable bonds is 4. The largest absolute Gasteiger partial charge is 0.332 e. The van der Waals surface area contributed by atoms with Crippen molar-refractivity contribution in [3.63, 3.8) is 0 Å². The fourth-order valence-corrected chi connectivity index (χ4v) is 2.13. The highest BCUT2D eigenvalue weighted by molar-refractivity contribution is 6.33. The van der Waals surface area contributed by atoms with Crippen LogP contribution in [0.1, 0.15) is 10.4 Å². The van der Waals surface area contributed by atoms with Crippen molar-refractivity contribution in [3.8, 4) is 0 Å². The van der Waals surface area contributed by atoms with Crippen LogP contribution in [0.3, 0.4) is 0 Å². The molecule has 0 saturated carbocycles. The molecule has 0 heterocycles. The molecule has 2 amide bonds. The lowest BCUT2D eigenvalue weighted by atomic mass is 10.2. The number of likely N-dealkylation sites (N-methyl/N-ethyl adjacent to an activating group) is 1. The monoisotopic (exact) mass is 338 g/mol. The summed E-state index contributed by atoms with van der Waals surface area (Å²) in [6, 6.07) is 10.2. The molecule has 2 aromatic carbocycles. The van der Waals surface area contributed by atoms with Gasteiger partial charge >= 0.3 is 0 Å². The Morgan fingerprint density at radius 2 is 1.74 bits per heavy atom. The predicted molar refractivity (Wildman–Crippen MR) is 83.4 cm³/mol. The molecule has 0 atom stereocenters. The molecule has 4 nitrogen and oxygen atoms in total. The molecule has 2 rings (SSSR count). The summed E-state index contributed by atoms with van der Waals surface area (Å²) in [5.41, 5.74) is 0.379. The molecule has 0 saturated heterocycles. The molecule has 23 heavy (non-hydrogen) atoms. The molecule has 0 aliphatic heterocycles. The summed E-state index contributed by atoms with van der Waals surface area (Å²) in [4.78, 5) is 25.1. The van der Waals surface area contributed by atoms with Crippen LogP contribution in [0.15, 0.2) is 42.5 Å². The van der Waals surface area contributed by atoms with Gasteiger partial charge in [0, 0.05) is 12.7 Å². The number of anilines is 1. The molecule has 0 unspecified atom stereocenters. The van der Waals surface area contributed by atoms with E-state index in [1.165, 1.54) is 7.05 Å². The van der Waals surface area contributed by atoms with Crippen LogP contribution in [0, 0.1) is 11.6 Å². The normalized spacial score (nSPS) is 10.3. The number of hydrogen-bond acceptors (Lipinski definition) is 2. The minimum atomic E-state index is -1.18. The highest BCUT2D eigenvalue weighted by Crippen LogP contribution is 2.21. The first-order valence-corrected chi connectivity index (χ1v) is 7.01. The maximum atomic E-state index is 13.2. The molecule has 0 radical (unpaired) electrons. The first-order chi connectivity index (χ1) is 10.9. The smallest absolute Gasteiger partial charge is 0.255 e. The van der Waals surface area contributed by atoms with Crippen molar-refractivity contribution < 1.29 is 18.4 Å². The number of hydrogen-bond donors (Lipinski definition) is 1. The van der Waals surface area contributed by atoms with Gasteiger partial charge in [0.1, 0.15) is 0 Å². The van der Waals surface area contributed by atoms with Gasteiger partial charge in [-0.3, -0.25) is 9.59 Å². The van der Waals surface area contributed by atoms with Gasteiger partial charge in [0.05, 0.1) is 17.1 Å². The Labute approximate surface area is 136 Å². The van der Waals surface area contributed by atoms with E-state index in [1.807, 2.05) is 0 Å². The summed E-state index contributed by atoms with van der Waals surface area (Å²) in [6.07, 6.45) is 0. The molecule has 7 heteroatoms. The first-order valence-electron chi connectivity index (χ1n) is 6.63. The highest BCUT2D eigenvalue weighted by Gasteiger charge is 2.20. The number of nitrogens with one attached hydrogen (secondary N) is 1. The van der Waals surface area contributed by atoms with Gasteiger partial charge in [0.25, 0.3) is 5.91 Å². The molecule has 0 bridgehead atoms. The fraction of sp³-hybridized carbons (Fsp3) is 0.125. The van der Waals surface area contributed by atoms with Gasteiger partial charge in [-0.15, -0.1) is 0 Å². The Balaban J connectivity index is 2.05. The fourth-order valence-electron chi connectivity index (χ4n) is 1.90. The van der Waals surface area contributed by atoms with Gasteiger partial charge in [0.2, 0.25) is 5.91 Å². The van der Waals surface area contributed by atoms with E-state index in [0.717, 1.165) is 11.0 Å². The highest BCUT2D eigenvalue weighted by atomic mass is 35.5. The first kappa shape index (κ1) is 16.9. The lowest BCUT2D eigenvalue weighted by Crippen LogP contribution is -2.35. The third-order valence-electron chi connectivity index (χ3n) is 3.03. The Morgan fingerprint density at radius 3 is 2.39 bits per heavy atom. The van der Waals surface area contributed by atoms with Crippen LogP contribution in [0.2, 0.25) is 5.02 Å². The van der Waals surface area contributed by atoms with Crippen LogP contribution in [0.25, 0.3) is 0 Å². The zero-order chi connectivity index (χ0) is 17.0. The van der Waals surface area contributed by atoms with Gasteiger partial charge in [-0.05, 0) is 24.3 Å². The second-order valence-electron chi connectivity index (χ2n) is 4.82. The van der Waals surface area contributed by atoms with Gasteiger partial charge in [-0.25, -0.2) is 8.78 Å². The molecule has 0 aromatic heterocycles. The van der Waals surface area contributed by atoms with Crippen LogP contribution in [0.4, 0.5) is 14.5 Å². The van der Waals surface area contributed by atoms with Gasteiger partial charge in [0.15, 0.2) is 11.6 Å². The molecule has 120 valence electrons. The van der Waals surface area contributed by atoms with Gasteiger partial charge < -0.3 is 10.2 Å². The third-order valence-corrected chi connectivity index (χ3v) is 3.34. The predicted octanol–water partition coefficient (Wildman–Crippen LogP) is 3.33. The van der Waals surface area contributed by atoms with Crippen LogP contribution in [-0.4, -0.2) is 30.3 Å². The number of para-hydroxylation sites is 1. The number of benzene rings is 2. The van der Waals surface area contributed by atoms with E-state index in [-0.39, 0.29) is 17.1 Å². The molecule has 0 aliphatic rings. The van der Waals surface area contributed by atoms with E-state index >= 15 is 0 Å². The molecular weight excluding hydrogens is 326 g/mol. The summed E-state index contributed by atoms with van der Waals surface area (Å²) >= 11 is 5.75. The summed E-state index contributed by atoms with van der Waals surface area (Å²) < 4.78 is 26.3. The molecular formula is C16H13ClF2N2O2. The lowest BCUT2D eigenvalue weighted by Gasteiger charge is -2.17. The van der Waals surface area contributed by atoms with Crippen molar-refractivity contribution >= 4 is 29.1 Å². The second kappa shape index (κ2) is 7.19. The summed E-state index contributed by atoms with van der Waals surface area (Å²) in [5, 5.41) is 2.40. The summed E-state index contributed by atoms with van der Waals surface area (Å²) in [6.45, 7) is -0.261. The SMILES string of the molecule is CN(CC(=O)Nc1ccccc1)C(=O)c1cc(F)c(F)cc1Cl. The van der Waals surface area contributed by atoms with E-state index in [9.17, 15) is 18.4 Å². The number of nitrogens with zero attached hydrogens (tertiary/aromatic N) is 1. The van der Waals surface area contributed by atoms with E-state index < -0.39 is 23.4 Å². The average Bonchev–Trinajstić information content (AvgIpc) is 2.51. The quantitative estimate of drug-likeness (QED) is 0.869. The second-order valence-corrected chi connectivity index (χ2v) is 5.23. The average molecular weight is 339 g/mol. The third kappa shape index (κ3) is 4.26. The number of carbonyl (C=O) groups excluding carboxylic acids is 2. The van der Waals surface area contributed by atoms with Crippen LogP contribution in [0.5, 0.6) is 0 Å². The molecule has 1 N–H and O–H groups in total. The topological polar surface area (TPSA) is 49.4 Å². The van der Waals surface area contributed by atoms with Crippen molar-refractivity contribution in [2.75, 3.05) is 18.9 Å². The van der Waals surface area contributed by atoms with Crippen molar-refractivity contribution in [1.29, 1.82) is 0 Å². The Hall–Kier alpha value is -2.47. The van der Waals surface area contributed by atoms with Gasteiger partial charge in [-0.1, -0.05) is 29.8 Å². The van der Waals surface area contributed by atoms with Crippen LogP contribution < -0.4 is 5.32 Å². The van der Waals surface area contributed by atoms with E-state index in [1.54, 1.807) is 30.3 Å². The van der Waals surface area contributed by atoms with E-state index in [4.69, 9.17) is 11.6 Å². The van der Waals surface area contributed by atoms with Crippen molar-refractivity contribution in [3.05, 3.63) is 64.7 Å². The van der Waals surface area contributed by atoms with Crippen molar-refractivity contribution in [2.45, 2.75) is 0 Å². The van der Waals surface area contributed by atoms with Crippen molar-refractivity contribution in [2.24, 2.45) is 0 Å². The zero-order valence-electron chi connectivity index (χ0n) is 12.1. The molecule has 0 aliphatic carbocycles. The molecule has 0 spiro atoms. The van der Waals surface area contributed by atoms with E-state index in [0.29, 0.717) is 11.8 Å². The number of halogens is 3. The minimum Gasteiger partial charge on any atom is -0.332 e. The van der Waals surface area contributed by atoms with E-state index in [2.05, 4.69) is 5.32 Å². The standard InChI is InChI=1S/C16H13ClF2N2O2/c1-21(9-15(22)20-10-5-3-2-4-6-10)16(23)11-7-13(18)14(19)8-12(11)17/h2-8H,9H2,1H3,(H,20,22). The lowest BCUT2D eigenvalue weighted by molar-refractivity contribution is -0.116. The number of carbonyl (C=O) groups is 2. The van der Waals surface area contributed by atoms with Crippen LogP contribution in [-0.2, 0) is 4.79 Å². The maximum absolute atomic E-state index is 13.2. The Bertz CT molecular complexity index is 738. The van der Waals surface area contributed by atoms with Gasteiger partial charge in [-0.2, -0.15) is 0 Å². The number of amides is 2. The molecule has 2 aromatic rings. The van der Waals surface area contributed by atoms with Crippen molar-refractivity contribution in [1.82, 2.24) is 4.90 Å². The van der Waals surface area contributed by atoms with Crippen LogP contribution >= 0.6 is 11.6 Å². The Kier molecular flexibility index (Phi) is 5.28. The summed E-state index contributed by atoms with van der Waals surface area (Å²) in [5.74, 6) is -3.43. The maximum Gasteiger partial charge on any atom is 0.255 e. The minimum absolute atomic E-state index is 0.208.